The lowest BCUT2D eigenvalue weighted by atomic mass is 9.98. The molecule has 8 nitrogen and oxygen atoms in total. The largest absolute Gasteiger partial charge is 0.452 e. The summed E-state index contributed by atoms with van der Waals surface area (Å²) in [6.07, 6.45) is -5.55. The molecule has 1 aliphatic heterocycles. The molecule has 3 rings (SSSR count). The van der Waals surface area contributed by atoms with Crippen LogP contribution in [0.5, 0.6) is 0 Å². The zero-order chi connectivity index (χ0) is 21.5. The second-order valence-electron chi connectivity index (χ2n) is 6.69. The minimum Gasteiger partial charge on any atom is -0.452 e. The summed E-state index contributed by atoms with van der Waals surface area (Å²) in [6.45, 7) is 0.0777. The Kier molecular flexibility index (Phi) is 7.53. The Labute approximate surface area is 174 Å². The molecule has 0 amide bonds. The number of esters is 2. The summed E-state index contributed by atoms with van der Waals surface area (Å²) >= 11 is 0. The van der Waals surface area contributed by atoms with Crippen LogP contribution in [-0.2, 0) is 23.7 Å². The first-order valence-corrected chi connectivity index (χ1v) is 9.42. The van der Waals surface area contributed by atoms with Gasteiger partial charge in [0.1, 0.15) is 12.2 Å². The van der Waals surface area contributed by atoms with E-state index in [9.17, 15) is 14.7 Å². The monoisotopic (exact) mass is 416 g/mol. The van der Waals surface area contributed by atoms with E-state index in [1.165, 1.54) is 14.2 Å². The summed E-state index contributed by atoms with van der Waals surface area (Å²) in [5.41, 5.74) is 0.593. The van der Waals surface area contributed by atoms with Crippen molar-refractivity contribution in [1.29, 1.82) is 0 Å². The van der Waals surface area contributed by atoms with Gasteiger partial charge in [-0.25, -0.2) is 9.59 Å². The van der Waals surface area contributed by atoms with Gasteiger partial charge in [0, 0.05) is 14.2 Å². The maximum Gasteiger partial charge on any atom is 0.338 e. The van der Waals surface area contributed by atoms with E-state index in [-0.39, 0.29) is 12.2 Å². The van der Waals surface area contributed by atoms with E-state index in [1.807, 2.05) is 0 Å². The second kappa shape index (κ2) is 10.3. The SMILES string of the molecule is COC[C@@H]1O[C@H](O)[C@@H](OC(=O)c2ccccc2)[C@@H](OC(=O)c2ccccc2)[C@H]1OC. The highest BCUT2D eigenvalue weighted by atomic mass is 16.7. The number of hydrogen-bond acceptors (Lipinski definition) is 8. The first kappa shape index (κ1) is 21.9. The van der Waals surface area contributed by atoms with Crippen molar-refractivity contribution in [1.82, 2.24) is 0 Å². The molecular formula is C22H24O8. The van der Waals surface area contributed by atoms with Gasteiger partial charge in [0.05, 0.1) is 17.7 Å². The van der Waals surface area contributed by atoms with Gasteiger partial charge in [0.2, 0.25) is 0 Å². The summed E-state index contributed by atoms with van der Waals surface area (Å²) in [5, 5.41) is 10.5. The van der Waals surface area contributed by atoms with Crippen molar-refractivity contribution in [3.05, 3.63) is 71.8 Å². The molecule has 5 atom stereocenters. The van der Waals surface area contributed by atoms with Gasteiger partial charge < -0.3 is 28.8 Å². The van der Waals surface area contributed by atoms with Crippen LogP contribution in [0.3, 0.4) is 0 Å². The minimum atomic E-state index is -1.54. The number of benzene rings is 2. The summed E-state index contributed by atoms with van der Waals surface area (Å²) in [7, 11) is 2.88. The molecule has 1 fully saturated rings. The number of aliphatic hydroxyl groups excluding tert-OH is 1. The molecule has 8 heteroatoms. The van der Waals surface area contributed by atoms with Gasteiger partial charge in [-0.2, -0.15) is 0 Å². The predicted molar refractivity (Wildman–Crippen MR) is 105 cm³/mol. The Bertz CT molecular complexity index is 826. The number of carbonyl (C=O) groups is 2. The predicted octanol–water partition coefficient (Wildman–Crippen LogP) is 1.82. The fourth-order valence-electron chi connectivity index (χ4n) is 3.27. The van der Waals surface area contributed by atoms with Gasteiger partial charge in [0.15, 0.2) is 18.5 Å². The molecule has 160 valence electrons. The van der Waals surface area contributed by atoms with Crippen LogP contribution in [0.4, 0.5) is 0 Å². The number of aliphatic hydroxyl groups is 1. The molecule has 0 spiro atoms. The molecule has 30 heavy (non-hydrogen) atoms. The Morgan fingerprint density at radius 1 is 0.833 bits per heavy atom. The Hall–Kier alpha value is -2.78. The third-order valence-corrected chi connectivity index (χ3v) is 4.72. The smallest absolute Gasteiger partial charge is 0.338 e. The number of carbonyl (C=O) groups excluding carboxylic acids is 2. The lowest BCUT2D eigenvalue weighted by Gasteiger charge is -2.42. The van der Waals surface area contributed by atoms with Crippen LogP contribution in [-0.4, -0.2) is 68.6 Å². The summed E-state index contributed by atoms with van der Waals surface area (Å²) in [5.74, 6) is -1.34. The van der Waals surface area contributed by atoms with Crippen LogP contribution in [0.1, 0.15) is 20.7 Å². The van der Waals surface area contributed by atoms with Crippen LogP contribution in [0.15, 0.2) is 60.7 Å². The maximum atomic E-state index is 12.7. The van der Waals surface area contributed by atoms with Crippen LogP contribution in [0, 0.1) is 0 Å². The van der Waals surface area contributed by atoms with Crippen molar-refractivity contribution in [3.63, 3.8) is 0 Å². The van der Waals surface area contributed by atoms with Crippen LogP contribution in [0.25, 0.3) is 0 Å². The van der Waals surface area contributed by atoms with E-state index in [0.717, 1.165) is 0 Å². The number of ether oxygens (including phenoxy) is 5. The van der Waals surface area contributed by atoms with Crippen LogP contribution >= 0.6 is 0 Å². The lowest BCUT2D eigenvalue weighted by Crippen LogP contribution is -2.61. The molecule has 0 bridgehead atoms. The van der Waals surface area contributed by atoms with Crippen molar-refractivity contribution in [2.75, 3.05) is 20.8 Å². The topological polar surface area (TPSA) is 101 Å². The van der Waals surface area contributed by atoms with Crippen molar-refractivity contribution < 1.29 is 38.4 Å². The molecule has 1 heterocycles. The van der Waals surface area contributed by atoms with Gasteiger partial charge in [-0.05, 0) is 24.3 Å². The maximum absolute atomic E-state index is 12.7. The first-order chi connectivity index (χ1) is 14.5. The summed E-state index contributed by atoms with van der Waals surface area (Å²) in [6, 6.07) is 16.6. The fraction of sp³-hybridized carbons (Fsp3) is 0.364. The van der Waals surface area contributed by atoms with Crippen molar-refractivity contribution in [2.24, 2.45) is 0 Å². The average molecular weight is 416 g/mol. The van der Waals surface area contributed by atoms with Crippen molar-refractivity contribution in [3.8, 4) is 0 Å². The summed E-state index contributed by atoms with van der Waals surface area (Å²) < 4.78 is 27.3. The van der Waals surface area contributed by atoms with E-state index < -0.39 is 42.6 Å². The molecule has 1 N–H and O–H groups in total. The quantitative estimate of drug-likeness (QED) is 0.683. The fourth-order valence-corrected chi connectivity index (χ4v) is 3.27. The van der Waals surface area contributed by atoms with Crippen LogP contribution < -0.4 is 0 Å². The van der Waals surface area contributed by atoms with E-state index in [1.54, 1.807) is 60.7 Å². The molecule has 0 unspecified atom stereocenters. The van der Waals surface area contributed by atoms with E-state index in [0.29, 0.717) is 5.56 Å². The highest BCUT2D eigenvalue weighted by molar-refractivity contribution is 5.90. The van der Waals surface area contributed by atoms with E-state index >= 15 is 0 Å². The lowest BCUT2D eigenvalue weighted by molar-refractivity contribution is -0.290. The highest BCUT2D eigenvalue weighted by Crippen LogP contribution is 2.28. The van der Waals surface area contributed by atoms with Gasteiger partial charge in [-0.1, -0.05) is 36.4 Å². The molecule has 0 saturated carbocycles. The third-order valence-electron chi connectivity index (χ3n) is 4.72. The molecule has 0 radical (unpaired) electrons. The average Bonchev–Trinajstić information content (AvgIpc) is 2.77. The highest BCUT2D eigenvalue weighted by Gasteiger charge is 2.50. The minimum absolute atomic E-state index is 0.0777. The zero-order valence-corrected chi connectivity index (χ0v) is 16.7. The summed E-state index contributed by atoms with van der Waals surface area (Å²) in [4.78, 5) is 25.2. The van der Waals surface area contributed by atoms with E-state index in [2.05, 4.69) is 0 Å². The molecule has 1 aliphatic rings. The molecule has 1 saturated heterocycles. The molecule has 2 aromatic carbocycles. The van der Waals surface area contributed by atoms with Crippen molar-refractivity contribution in [2.45, 2.75) is 30.7 Å². The van der Waals surface area contributed by atoms with Crippen LogP contribution in [0.2, 0.25) is 0 Å². The molecule has 0 aromatic heterocycles. The van der Waals surface area contributed by atoms with Crippen molar-refractivity contribution >= 4 is 11.9 Å². The third kappa shape index (κ3) is 5.03. The molecule has 0 aliphatic carbocycles. The standard InChI is InChI=1S/C22H24O8/c1-26-13-16-17(27-2)18(29-20(23)14-9-5-3-6-10-14)19(22(25)28-16)30-21(24)15-11-7-4-8-12-15/h3-12,16-19,22,25H,13H2,1-2H3/t16-,17-,18-,19-,22-/m0/s1. The normalized spacial score (nSPS) is 26.0. The molecular weight excluding hydrogens is 392 g/mol. The van der Waals surface area contributed by atoms with Gasteiger partial charge in [-0.3, -0.25) is 0 Å². The van der Waals surface area contributed by atoms with Gasteiger partial charge >= 0.3 is 11.9 Å². The zero-order valence-electron chi connectivity index (χ0n) is 16.7. The van der Waals surface area contributed by atoms with E-state index in [4.69, 9.17) is 23.7 Å². The Morgan fingerprint density at radius 3 is 1.80 bits per heavy atom. The number of hydrogen-bond donors (Lipinski definition) is 1. The first-order valence-electron chi connectivity index (χ1n) is 9.42. The Morgan fingerprint density at radius 2 is 1.33 bits per heavy atom. The van der Waals surface area contributed by atoms with Gasteiger partial charge in [0.25, 0.3) is 0 Å². The molecule has 2 aromatic rings. The van der Waals surface area contributed by atoms with Gasteiger partial charge in [-0.15, -0.1) is 0 Å². The number of rotatable bonds is 7. The Balaban J connectivity index is 1.86. The number of methoxy groups -OCH3 is 2. The second-order valence-corrected chi connectivity index (χ2v) is 6.69.